The van der Waals surface area contributed by atoms with Crippen LogP contribution in [-0.4, -0.2) is 51.0 Å². The van der Waals surface area contributed by atoms with Gasteiger partial charge in [0.15, 0.2) is 5.65 Å². The van der Waals surface area contributed by atoms with Gasteiger partial charge in [0.1, 0.15) is 5.52 Å². The zero-order valence-corrected chi connectivity index (χ0v) is 14.8. The molecule has 1 fully saturated rings. The first-order valence-corrected chi connectivity index (χ1v) is 8.91. The molecule has 3 heterocycles. The topological polar surface area (TPSA) is 63.1 Å². The molecule has 1 aliphatic heterocycles. The Kier molecular flexibility index (Phi) is 5.14. The number of likely N-dealkylation sites (tertiary alicyclic amines) is 1. The fourth-order valence-corrected chi connectivity index (χ4v) is 3.34. The summed E-state index contributed by atoms with van der Waals surface area (Å²) >= 11 is 0. The van der Waals surface area contributed by atoms with Crippen molar-refractivity contribution in [2.75, 3.05) is 19.6 Å². The van der Waals surface area contributed by atoms with E-state index in [1.807, 2.05) is 10.6 Å². The molecule has 6 heteroatoms. The summed E-state index contributed by atoms with van der Waals surface area (Å²) in [5.41, 5.74) is 2.21. The number of nitrogens with zero attached hydrogens (tertiary/aromatic N) is 4. The normalized spacial score (nSPS) is 18.6. The molecule has 1 amide bonds. The van der Waals surface area contributed by atoms with Crippen molar-refractivity contribution in [3.63, 3.8) is 0 Å². The molecule has 0 radical (unpaired) electrons. The molecule has 130 valence electrons. The molecule has 1 unspecified atom stereocenters. The molecule has 6 nitrogen and oxygen atoms in total. The second-order valence-corrected chi connectivity index (χ2v) is 7.12. The summed E-state index contributed by atoms with van der Waals surface area (Å²) in [6.45, 7) is 10.5. The lowest BCUT2D eigenvalue weighted by atomic mass is 10.2. The summed E-state index contributed by atoms with van der Waals surface area (Å²) in [5.74, 6) is 0.478. The van der Waals surface area contributed by atoms with Crippen molar-refractivity contribution in [3.8, 4) is 0 Å². The molecule has 1 atom stereocenters. The summed E-state index contributed by atoms with van der Waals surface area (Å²) in [4.78, 5) is 23.8. The SMILES string of the molecule is CCCN1CCC(NC(=O)c2cnc3c(c2)ncn3CC(C)C)C1. The van der Waals surface area contributed by atoms with Crippen molar-refractivity contribution >= 4 is 17.1 Å². The minimum atomic E-state index is -0.0499. The molecule has 0 spiro atoms. The van der Waals surface area contributed by atoms with Gasteiger partial charge in [-0.2, -0.15) is 0 Å². The molecule has 24 heavy (non-hydrogen) atoms. The number of hydrogen-bond donors (Lipinski definition) is 1. The number of nitrogens with one attached hydrogen (secondary N) is 1. The Balaban J connectivity index is 1.67. The van der Waals surface area contributed by atoms with E-state index in [2.05, 4.69) is 41.0 Å². The van der Waals surface area contributed by atoms with E-state index in [0.29, 0.717) is 11.5 Å². The summed E-state index contributed by atoms with van der Waals surface area (Å²) in [5, 5.41) is 3.13. The van der Waals surface area contributed by atoms with E-state index in [0.717, 1.165) is 50.2 Å². The van der Waals surface area contributed by atoms with Crippen LogP contribution in [0.1, 0.15) is 44.0 Å². The lowest BCUT2D eigenvalue weighted by Crippen LogP contribution is -2.37. The van der Waals surface area contributed by atoms with Crippen LogP contribution in [0, 0.1) is 5.92 Å². The first-order chi connectivity index (χ1) is 11.6. The summed E-state index contributed by atoms with van der Waals surface area (Å²) < 4.78 is 2.04. The Bertz CT molecular complexity index is 708. The maximum Gasteiger partial charge on any atom is 0.253 e. The van der Waals surface area contributed by atoms with E-state index in [9.17, 15) is 4.79 Å². The lowest BCUT2D eigenvalue weighted by molar-refractivity contribution is 0.0937. The highest BCUT2D eigenvalue weighted by molar-refractivity contribution is 5.96. The zero-order valence-electron chi connectivity index (χ0n) is 14.8. The Morgan fingerprint density at radius 1 is 1.42 bits per heavy atom. The molecule has 0 aliphatic carbocycles. The monoisotopic (exact) mass is 329 g/mol. The van der Waals surface area contributed by atoms with Gasteiger partial charge in [0.25, 0.3) is 5.91 Å². The van der Waals surface area contributed by atoms with Gasteiger partial charge in [0, 0.05) is 31.9 Å². The number of carbonyl (C=O) groups is 1. The van der Waals surface area contributed by atoms with Gasteiger partial charge in [0.2, 0.25) is 0 Å². The van der Waals surface area contributed by atoms with Crippen molar-refractivity contribution in [2.45, 2.75) is 46.2 Å². The molecule has 0 saturated carbocycles. The highest BCUT2D eigenvalue weighted by Crippen LogP contribution is 2.15. The van der Waals surface area contributed by atoms with Crippen molar-refractivity contribution in [3.05, 3.63) is 24.2 Å². The van der Waals surface area contributed by atoms with Gasteiger partial charge in [0.05, 0.1) is 11.9 Å². The van der Waals surface area contributed by atoms with E-state index >= 15 is 0 Å². The van der Waals surface area contributed by atoms with Gasteiger partial charge in [-0.15, -0.1) is 0 Å². The fraction of sp³-hybridized carbons (Fsp3) is 0.611. The molecule has 0 bridgehead atoms. The van der Waals surface area contributed by atoms with E-state index in [-0.39, 0.29) is 11.9 Å². The molecular weight excluding hydrogens is 302 g/mol. The van der Waals surface area contributed by atoms with Gasteiger partial charge in [-0.25, -0.2) is 9.97 Å². The third-order valence-electron chi connectivity index (χ3n) is 4.43. The quantitative estimate of drug-likeness (QED) is 0.883. The Hall–Kier alpha value is -1.95. The molecule has 0 aromatic carbocycles. The van der Waals surface area contributed by atoms with Crippen LogP contribution in [0.25, 0.3) is 11.2 Å². The van der Waals surface area contributed by atoms with Crippen LogP contribution in [0.3, 0.4) is 0 Å². The second-order valence-electron chi connectivity index (χ2n) is 7.12. The standard InChI is InChI=1S/C18H27N5O/c1-4-6-22-7-5-15(11-22)21-18(24)14-8-16-17(19-9-14)23(12-20-16)10-13(2)3/h8-9,12-13,15H,4-7,10-11H2,1-3H3,(H,21,24). The Morgan fingerprint density at radius 2 is 2.25 bits per heavy atom. The summed E-state index contributed by atoms with van der Waals surface area (Å²) in [6.07, 6.45) is 5.64. The number of carbonyl (C=O) groups excluding carboxylic acids is 1. The number of imidazole rings is 1. The van der Waals surface area contributed by atoms with Crippen LogP contribution in [0.15, 0.2) is 18.6 Å². The van der Waals surface area contributed by atoms with E-state index in [1.165, 1.54) is 0 Å². The third kappa shape index (κ3) is 3.75. The predicted molar refractivity (Wildman–Crippen MR) is 95.0 cm³/mol. The number of hydrogen-bond acceptors (Lipinski definition) is 4. The van der Waals surface area contributed by atoms with Crippen LogP contribution >= 0.6 is 0 Å². The van der Waals surface area contributed by atoms with E-state index < -0.39 is 0 Å². The fourth-order valence-electron chi connectivity index (χ4n) is 3.34. The van der Waals surface area contributed by atoms with Crippen molar-refractivity contribution in [2.24, 2.45) is 5.92 Å². The van der Waals surface area contributed by atoms with Crippen LogP contribution in [0.2, 0.25) is 0 Å². The van der Waals surface area contributed by atoms with Crippen LogP contribution in [-0.2, 0) is 6.54 Å². The molecule has 2 aromatic rings. The maximum absolute atomic E-state index is 12.5. The summed E-state index contributed by atoms with van der Waals surface area (Å²) in [6, 6.07) is 2.08. The van der Waals surface area contributed by atoms with Gasteiger partial charge in [-0.05, 0) is 31.4 Å². The first kappa shape index (κ1) is 16.9. The minimum absolute atomic E-state index is 0.0499. The maximum atomic E-state index is 12.5. The zero-order chi connectivity index (χ0) is 17.1. The smallest absolute Gasteiger partial charge is 0.253 e. The van der Waals surface area contributed by atoms with Gasteiger partial charge >= 0.3 is 0 Å². The van der Waals surface area contributed by atoms with Crippen molar-refractivity contribution in [1.29, 1.82) is 0 Å². The largest absolute Gasteiger partial charge is 0.348 e. The number of aromatic nitrogens is 3. The molecule has 1 aliphatic rings. The lowest BCUT2D eigenvalue weighted by Gasteiger charge is -2.15. The molecular formula is C18H27N5O. The molecule has 3 rings (SSSR count). The van der Waals surface area contributed by atoms with Gasteiger partial charge in [-0.3, -0.25) is 4.79 Å². The van der Waals surface area contributed by atoms with Crippen molar-refractivity contribution in [1.82, 2.24) is 24.8 Å². The number of fused-ring (bicyclic) bond motifs is 1. The van der Waals surface area contributed by atoms with Gasteiger partial charge < -0.3 is 14.8 Å². The molecule has 2 aromatic heterocycles. The molecule has 1 saturated heterocycles. The van der Waals surface area contributed by atoms with E-state index in [4.69, 9.17) is 0 Å². The van der Waals surface area contributed by atoms with Crippen LogP contribution < -0.4 is 5.32 Å². The average molecular weight is 329 g/mol. The third-order valence-corrected chi connectivity index (χ3v) is 4.43. The highest BCUT2D eigenvalue weighted by Gasteiger charge is 2.23. The first-order valence-electron chi connectivity index (χ1n) is 8.91. The minimum Gasteiger partial charge on any atom is -0.348 e. The Labute approximate surface area is 143 Å². The van der Waals surface area contributed by atoms with Crippen molar-refractivity contribution < 1.29 is 4.79 Å². The highest BCUT2D eigenvalue weighted by atomic mass is 16.1. The molecule has 1 N–H and O–H groups in total. The van der Waals surface area contributed by atoms with Crippen LogP contribution in [0.4, 0.5) is 0 Å². The Morgan fingerprint density at radius 3 is 3.00 bits per heavy atom. The predicted octanol–water partition coefficient (Wildman–Crippen LogP) is 2.30. The van der Waals surface area contributed by atoms with Gasteiger partial charge in [-0.1, -0.05) is 20.8 Å². The number of amides is 1. The van der Waals surface area contributed by atoms with E-state index in [1.54, 1.807) is 12.5 Å². The summed E-state index contributed by atoms with van der Waals surface area (Å²) in [7, 11) is 0. The van der Waals surface area contributed by atoms with Crippen LogP contribution in [0.5, 0.6) is 0 Å². The average Bonchev–Trinajstić information content (AvgIpc) is 3.14. The number of rotatable bonds is 6. The second kappa shape index (κ2) is 7.30. The number of pyridine rings is 1.